The van der Waals surface area contributed by atoms with Gasteiger partial charge in [0.25, 0.3) is 5.91 Å². The Hall–Kier alpha value is -2.66. The summed E-state index contributed by atoms with van der Waals surface area (Å²) < 4.78 is 0. The van der Waals surface area contributed by atoms with Crippen molar-refractivity contribution in [3.8, 4) is 0 Å². The summed E-state index contributed by atoms with van der Waals surface area (Å²) in [5.41, 5.74) is 3.42. The summed E-state index contributed by atoms with van der Waals surface area (Å²) in [6.45, 7) is 4.10. The van der Waals surface area contributed by atoms with E-state index in [0.29, 0.717) is 12.1 Å². The molecule has 3 N–H and O–H groups in total. The number of hydrogen-bond acceptors (Lipinski definition) is 3. The quantitative estimate of drug-likeness (QED) is 0.785. The Labute approximate surface area is 147 Å². The largest absolute Gasteiger partial charge is 0.352 e. The molecule has 5 nitrogen and oxygen atoms in total. The summed E-state index contributed by atoms with van der Waals surface area (Å²) in [7, 11) is 0. The van der Waals surface area contributed by atoms with Crippen molar-refractivity contribution in [3.05, 3.63) is 65.2 Å². The molecule has 3 rings (SSSR count). The average Bonchev–Trinajstić information content (AvgIpc) is 3.15. The van der Waals surface area contributed by atoms with Crippen molar-refractivity contribution in [1.82, 2.24) is 10.6 Å². The number of anilines is 1. The molecule has 2 amide bonds. The van der Waals surface area contributed by atoms with Crippen LogP contribution in [0.25, 0.3) is 0 Å². The summed E-state index contributed by atoms with van der Waals surface area (Å²) >= 11 is 0. The Balaban J connectivity index is 1.58. The van der Waals surface area contributed by atoms with Crippen molar-refractivity contribution in [2.45, 2.75) is 19.9 Å². The Morgan fingerprint density at radius 3 is 2.68 bits per heavy atom. The third-order valence-electron chi connectivity index (χ3n) is 4.40. The summed E-state index contributed by atoms with van der Waals surface area (Å²) in [6, 6.07) is 15.0. The highest BCUT2D eigenvalue weighted by Gasteiger charge is 2.21. The van der Waals surface area contributed by atoms with E-state index >= 15 is 0 Å². The van der Waals surface area contributed by atoms with Crippen LogP contribution >= 0.6 is 0 Å². The van der Waals surface area contributed by atoms with Gasteiger partial charge in [0.05, 0.1) is 5.92 Å². The van der Waals surface area contributed by atoms with Crippen LogP contribution < -0.4 is 16.0 Å². The molecule has 0 radical (unpaired) electrons. The van der Waals surface area contributed by atoms with Gasteiger partial charge in [0.1, 0.15) is 0 Å². The normalized spacial score (nSPS) is 16.4. The summed E-state index contributed by atoms with van der Waals surface area (Å²) in [6.07, 6.45) is 0.887. The van der Waals surface area contributed by atoms with Gasteiger partial charge in [-0.05, 0) is 49.7 Å². The number of hydrogen-bond donors (Lipinski definition) is 3. The second-order valence-electron chi connectivity index (χ2n) is 6.43. The smallest absolute Gasteiger partial charge is 0.255 e. The van der Waals surface area contributed by atoms with E-state index in [1.54, 1.807) is 0 Å². The third kappa shape index (κ3) is 4.67. The first-order valence-corrected chi connectivity index (χ1v) is 8.57. The maximum atomic E-state index is 12.3. The Kier molecular flexibility index (Phi) is 5.46. The Bertz CT molecular complexity index is 750. The topological polar surface area (TPSA) is 70.2 Å². The van der Waals surface area contributed by atoms with E-state index in [9.17, 15) is 9.59 Å². The van der Waals surface area contributed by atoms with Gasteiger partial charge in [-0.25, -0.2) is 0 Å². The van der Waals surface area contributed by atoms with Gasteiger partial charge in [0, 0.05) is 24.3 Å². The maximum Gasteiger partial charge on any atom is 0.255 e. The van der Waals surface area contributed by atoms with Gasteiger partial charge in [-0.3, -0.25) is 9.59 Å². The molecule has 1 heterocycles. The highest BCUT2D eigenvalue weighted by atomic mass is 16.2. The lowest BCUT2D eigenvalue weighted by molar-refractivity contribution is -0.124. The first-order chi connectivity index (χ1) is 12.1. The number of aryl methyl sites for hydroxylation is 1. The molecule has 0 spiro atoms. The van der Waals surface area contributed by atoms with Gasteiger partial charge in [-0.2, -0.15) is 0 Å². The monoisotopic (exact) mass is 337 g/mol. The highest BCUT2D eigenvalue weighted by molar-refractivity contribution is 6.04. The minimum absolute atomic E-state index is 0.0597. The van der Waals surface area contributed by atoms with Crippen LogP contribution in [0.5, 0.6) is 0 Å². The fourth-order valence-electron chi connectivity index (χ4n) is 2.88. The average molecular weight is 337 g/mol. The lowest BCUT2D eigenvalue weighted by atomic mass is 10.1. The summed E-state index contributed by atoms with van der Waals surface area (Å²) in [5.74, 6) is 0.00160. The second-order valence-corrected chi connectivity index (χ2v) is 6.43. The molecular weight excluding hydrogens is 314 g/mol. The van der Waals surface area contributed by atoms with Crippen LogP contribution in [0.15, 0.2) is 48.5 Å². The van der Waals surface area contributed by atoms with E-state index in [1.165, 1.54) is 0 Å². The van der Waals surface area contributed by atoms with Crippen molar-refractivity contribution in [1.29, 1.82) is 0 Å². The number of rotatable bonds is 5. The zero-order chi connectivity index (χ0) is 17.6. The first-order valence-electron chi connectivity index (χ1n) is 8.57. The molecule has 1 fully saturated rings. The Morgan fingerprint density at radius 2 is 1.96 bits per heavy atom. The van der Waals surface area contributed by atoms with Crippen LogP contribution in [0, 0.1) is 12.8 Å². The standard InChI is InChI=1S/C20H23N3O2/c1-14-5-7-16(8-6-14)20(25)23-18-4-2-3-15(11-18)12-22-19(24)17-9-10-21-13-17/h2-8,11,17,21H,9-10,12-13H2,1H3,(H,22,24)(H,23,25). The van der Waals surface area contributed by atoms with Crippen LogP contribution in [-0.2, 0) is 11.3 Å². The van der Waals surface area contributed by atoms with Crippen LogP contribution in [0.1, 0.15) is 27.9 Å². The van der Waals surface area contributed by atoms with Gasteiger partial charge in [-0.1, -0.05) is 29.8 Å². The lowest BCUT2D eigenvalue weighted by Crippen LogP contribution is -2.31. The number of carbonyl (C=O) groups excluding carboxylic acids is 2. The fraction of sp³-hybridized carbons (Fsp3) is 0.300. The van der Waals surface area contributed by atoms with Crippen LogP contribution in [0.3, 0.4) is 0 Å². The molecule has 0 bridgehead atoms. The number of nitrogens with one attached hydrogen (secondary N) is 3. The van der Waals surface area contributed by atoms with Crippen molar-refractivity contribution in [2.24, 2.45) is 5.92 Å². The molecule has 130 valence electrons. The molecule has 1 aliphatic rings. The molecular formula is C20H23N3O2. The van der Waals surface area contributed by atoms with E-state index in [2.05, 4.69) is 16.0 Å². The van der Waals surface area contributed by atoms with E-state index < -0.39 is 0 Å². The zero-order valence-corrected chi connectivity index (χ0v) is 14.3. The van der Waals surface area contributed by atoms with Gasteiger partial charge in [0.2, 0.25) is 5.91 Å². The molecule has 0 saturated carbocycles. The molecule has 0 aromatic heterocycles. The summed E-state index contributed by atoms with van der Waals surface area (Å²) in [5, 5.41) is 9.06. The first kappa shape index (κ1) is 17.2. The third-order valence-corrected chi connectivity index (χ3v) is 4.40. The molecule has 5 heteroatoms. The van der Waals surface area contributed by atoms with Crippen molar-refractivity contribution in [3.63, 3.8) is 0 Å². The fourth-order valence-corrected chi connectivity index (χ4v) is 2.88. The van der Waals surface area contributed by atoms with E-state index in [-0.39, 0.29) is 17.7 Å². The van der Waals surface area contributed by atoms with Gasteiger partial charge >= 0.3 is 0 Å². The molecule has 2 aromatic carbocycles. The van der Waals surface area contributed by atoms with Crippen LogP contribution in [0.2, 0.25) is 0 Å². The van der Waals surface area contributed by atoms with E-state index in [4.69, 9.17) is 0 Å². The van der Waals surface area contributed by atoms with Gasteiger partial charge in [-0.15, -0.1) is 0 Å². The zero-order valence-electron chi connectivity index (χ0n) is 14.3. The predicted octanol–water partition coefficient (Wildman–Crippen LogP) is 2.47. The minimum atomic E-state index is -0.141. The SMILES string of the molecule is Cc1ccc(C(=O)Nc2cccc(CNC(=O)C3CCNC3)c2)cc1. The molecule has 1 unspecified atom stereocenters. The Morgan fingerprint density at radius 1 is 1.16 bits per heavy atom. The van der Waals surface area contributed by atoms with Crippen LogP contribution in [0.4, 0.5) is 5.69 Å². The van der Waals surface area contributed by atoms with Gasteiger partial charge < -0.3 is 16.0 Å². The molecule has 2 aromatic rings. The number of benzene rings is 2. The molecule has 1 saturated heterocycles. The lowest BCUT2D eigenvalue weighted by Gasteiger charge is -2.11. The minimum Gasteiger partial charge on any atom is -0.352 e. The second kappa shape index (κ2) is 7.94. The van der Waals surface area contributed by atoms with Gasteiger partial charge in [0.15, 0.2) is 0 Å². The predicted molar refractivity (Wildman–Crippen MR) is 98.4 cm³/mol. The summed E-state index contributed by atoms with van der Waals surface area (Å²) in [4.78, 5) is 24.4. The van der Waals surface area contributed by atoms with E-state index in [0.717, 1.165) is 36.3 Å². The van der Waals surface area contributed by atoms with Crippen molar-refractivity contribution >= 4 is 17.5 Å². The maximum absolute atomic E-state index is 12.3. The van der Waals surface area contributed by atoms with Crippen molar-refractivity contribution in [2.75, 3.05) is 18.4 Å². The highest BCUT2D eigenvalue weighted by Crippen LogP contribution is 2.14. The van der Waals surface area contributed by atoms with Crippen molar-refractivity contribution < 1.29 is 9.59 Å². The molecule has 1 aliphatic heterocycles. The number of amides is 2. The molecule has 25 heavy (non-hydrogen) atoms. The molecule has 1 atom stereocenters. The molecule has 0 aliphatic carbocycles. The number of carbonyl (C=O) groups is 2. The van der Waals surface area contributed by atoms with E-state index in [1.807, 2.05) is 55.5 Å². The van der Waals surface area contributed by atoms with Crippen LogP contribution in [-0.4, -0.2) is 24.9 Å².